The molecule has 8 heteroatoms. The lowest BCUT2D eigenvalue weighted by Crippen LogP contribution is -2.07. The zero-order valence-electron chi connectivity index (χ0n) is 10.3. The Balaban J connectivity index is 1.44. The first-order valence-electron chi connectivity index (χ1n) is 6.17. The van der Waals surface area contributed by atoms with Crippen LogP contribution < -0.4 is 5.32 Å². The fraction of sp³-hybridized carbons (Fsp3) is 0.364. The third-order valence-electron chi connectivity index (χ3n) is 2.78. The van der Waals surface area contributed by atoms with Crippen molar-refractivity contribution in [3.63, 3.8) is 0 Å². The normalized spacial score (nSPS) is 10.9. The van der Waals surface area contributed by atoms with Crippen LogP contribution in [0.25, 0.3) is 5.65 Å². The molecule has 98 valence electrons. The second kappa shape index (κ2) is 5.42. The summed E-state index contributed by atoms with van der Waals surface area (Å²) in [4.78, 5) is 4.01. The molecule has 0 radical (unpaired) electrons. The molecule has 19 heavy (non-hydrogen) atoms. The minimum Gasteiger partial charge on any atom is -0.369 e. The fourth-order valence-electron chi connectivity index (χ4n) is 1.80. The molecule has 0 aliphatic carbocycles. The molecule has 0 unspecified atom stereocenters. The molecule has 0 fully saturated rings. The number of hydrogen-bond acceptors (Lipinski definition) is 6. The van der Waals surface area contributed by atoms with Gasteiger partial charge in [-0.15, -0.1) is 14.8 Å². The molecule has 3 aromatic heterocycles. The van der Waals surface area contributed by atoms with E-state index in [0.29, 0.717) is 5.65 Å². The van der Waals surface area contributed by atoms with Gasteiger partial charge in [0, 0.05) is 25.5 Å². The number of unbranched alkanes of at least 4 members (excludes halogenated alkanes) is 1. The maximum absolute atomic E-state index is 4.24. The predicted molar refractivity (Wildman–Crippen MR) is 68.5 cm³/mol. The van der Waals surface area contributed by atoms with Gasteiger partial charge >= 0.3 is 0 Å². The van der Waals surface area contributed by atoms with Gasteiger partial charge in [0.05, 0.1) is 6.33 Å². The minimum atomic E-state index is 0.644. The molecule has 3 heterocycles. The van der Waals surface area contributed by atoms with Gasteiger partial charge < -0.3 is 9.88 Å². The summed E-state index contributed by atoms with van der Waals surface area (Å²) in [5, 5.41) is 18.6. The number of nitrogens with zero attached hydrogens (tertiary/aromatic N) is 7. The smallest absolute Gasteiger partial charge is 0.200 e. The van der Waals surface area contributed by atoms with Crippen molar-refractivity contribution in [2.24, 2.45) is 0 Å². The molecule has 3 aromatic rings. The summed E-state index contributed by atoms with van der Waals surface area (Å²) < 4.78 is 3.49. The average molecular weight is 258 g/mol. The van der Waals surface area contributed by atoms with Crippen LogP contribution in [0.15, 0.2) is 30.9 Å². The van der Waals surface area contributed by atoms with Crippen LogP contribution in [-0.2, 0) is 6.54 Å². The van der Waals surface area contributed by atoms with Crippen molar-refractivity contribution in [2.45, 2.75) is 19.4 Å². The number of fused-ring (bicyclic) bond motifs is 1. The van der Waals surface area contributed by atoms with Crippen molar-refractivity contribution in [3.05, 3.63) is 30.9 Å². The highest BCUT2D eigenvalue weighted by Gasteiger charge is 1.99. The fourth-order valence-corrected chi connectivity index (χ4v) is 1.80. The molecule has 0 aliphatic heterocycles. The molecular weight excluding hydrogens is 244 g/mol. The Labute approximate surface area is 109 Å². The lowest BCUT2D eigenvalue weighted by Gasteiger charge is -2.05. The molecule has 1 N–H and O–H groups in total. The third kappa shape index (κ3) is 2.84. The summed E-state index contributed by atoms with van der Waals surface area (Å²) in [6.07, 6.45) is 7.76. The standard InChI is InChI=1S/C11H14N8/c1(2-7-18-8-6-12-9-18)5-13-10-3-4-11-14-16-17-19(11)15-10/h3-4,6,8-9H,1-2,5,7H2,(H,13,15). The second-order valence-electron chi connectivity index (χ2n) is 4.18. The zero-order valence-corrected chi connectivity index (χ0v) is 10.3. The number of rotatable bonds is 6. The van der Waals surface area contributed by atoms with Gasteiger partial charge in [-0.2, -0.15) is 0 Å². The van der Waals surface area contributed by atoms with E-state index in [1.807, 2.05) is 24.7 Å². The molecule has 0 spiro atoms. The Kier molecular flexibility index (Phi) is 3.30. The average Bonchev–Trinajstić information content (AvgIpc) is 3.08. The molecule has 0 bridgehead atoms. The molecular formula is C11H14N8. The van der Waals surface area contributed by atoms with Crippen molar-refractivity contribution in [1.29, 1.82) is 0 Å². The van der Waals surface area contributed by atoms with Crippen LogP contribution in [0.3, 0.4) is 0 Å². The minimum absolute atomic E-state index is 0.644. The van der Waals surface area contributed by atoms with Gasteiger partial charge in [0.2, 0.25) is 0 Å². The largest absolute Gasteiger partial charge is 0.369 e. The number of nitrogens with one attached hydrogen (secondary N) is 1. The van der Waals surface area contributed by atoms with E-state index in [-0.39, 0.29) is 0 Å². The van der Waals surface area contributed by atoms with E-state index in [4.69, 9.17) is 0 Å². The highest BCUT2D eigenvalue weighted by Crippen LogP contribution is 2.04. The maximum atomic E-state index is 4.24. The second-order valence-corrected chi connectivity index (χ2v) is 4.18. The van der Waals surface area contributed by atoms with E-state index in [9.17, 15) is 0 Å². The topological polar surface area (TPSA) is 85.8 Å². The summed E-state index contributed by atoms with van der Waals surface area (Å²) in [7, 11) is 0. The van der Waals surface area contributed by atoms with Crippen molar-refractivity contribution < 1.29 is 0 Å². The number of anilines is 1. The van der Waals surface area contributed by atoms with Gasteiger partial charge in [0.15, 0.2) is 5.65 Å². The van der Waals surface area contributed by atoms with Gasteiger partial charge in [0.1, 0.15) is 5.82 Å². The summed E-state index contributed by atoms with van der Waals surface area (Å²) in [6.45, 7) is 1.86. The van der Waals surface area contributed by atoms with E-state index in [1.165, 1.54) is 4.63 Å². The highest BCUT2D eigenvalue weighted by molar-refractivity contribution is 5.41. The Morgan fingerprint density at radius 1 is 1.21 bits per heavy atom. The van der Waals surface area contributed by atoms with Crippen LogP contribution in [0, 0.1) is 0 Å². The Morgan fingerprint density at radius 3 is 3.11 bits per heavy atom. The van der Waals surface area contributed by atoms with Gasteiger partial charge in [0.25, 0.3) is 0 Å². The van der Waals surface area contributed by atoms with Crippen LogP contribution >= 0.6 is 0 Å². The Hall–Kier alpha value is -2.51. The number of tetrazole rings is 1. The molecule has 3 rings (SSSR count). The first kappa shape index (κ1) is 11.6. The van der Waals surface area contributed by atoms with Gasteiger partial charge in [-0.3, -0.25) is 0 Å². The van der Waals surface area contributed by atoms with Crippen LogP contribution in [-0.4, -0.2) is 41.4 Å². The molecule has 0 atom stereocenters. The van der Waals surface area contributed by atoms with Gasteiger partial charge in [-0.25, -0.2) is 4.98 Å². The Bertz CT molecular complexity index is 629. The van der Waals surface area contributed by atoms with Crippen molar-refractivity contribution >= 4 is 11.5 Å². The van der Waals surface area contributed by atoms with E-state index < -0.39 is 0 Å². The first-order valence-corrected chi connectivity index (χ1v) is 6.17. The van der Waals surface area contributed by atoms with Crippen LogP contribution in [0.1, 0.15) is 12.8 Å². The molecule has 0 saturated carbocycles. The SMILES string of the molecule is c1cn(CCCCNc2ccc3nnnn3n2)cn1. The highest BCUT2D eigenvalue weighted by atomic mass is 15.6. The molecule has 0 aliphatic rings. The summed E-state index contributed by atoms with van der Waals surface area (Å²) >= 11 is 0. The van der Waals surface area contributed by atoms with E-state index in [0.717, 1.165) is 31.7 Å². The molecule has 0 amide bonds. The summed E-state index contributed by atoms with van der Waals surface area (Å²) in [6, 6.07) is 3.71. The van der Waals surface area contributed by atoms with Crippen molar-refractivity contribution in [1.82, 2.24) is 34.8 Å². The lowest BCUT2D eigenvalue weighted by molar-refractivity contribution is 0.620. The maximum Gasteiger partial charge on any atom is 0.200 e. The molecule has 0 aromatic carbocycles. The predicted octanol–water partition coefficient (Wildman–Crippen LogP) is 0.608. The van der Waals surface area contributed by atoms with Crippen molar-refractivity contribution in [2.75, 3.05) is 11.9 Å². The van der Waals surface area contributed by atoms with E-state index in [1.54, 1.807) is 6.20 Å². The third-order valence-corrected chi connectivity index (χ3v) is 2.78. The van der Waals surface area contributed by atoms with Crippen molar-refractivity contribution in [3.8, 4) is 0 Å². The molecule has 8 nitrogen and oxygen atoms in total. The number of aryl methyl sites for hydroxylation is 1. The summed E-state index contributed by atoms with van der Waals surface area (Å²) in [5.74, 6) is 0.780. The van der Waals surface area contributed by atoms with Crippen LogP contribution in [0.5, 0.6) is 0 Å². The zero-order chi connectivity index (χ0) is 12.9. The number of aromatic nitrogens is 7. The van der Waals surface area contributed by atoms with Gasteiger partial charge in [-0.1, -0.05) is 0 Å². The van der Waals surface area contributed by atoms with E-state index >= 15 is 0 Å². The van der Waals surface area contributed by atoms with Gasteiger partial charge in [-0.05, 0) is 35.4 Å². The summed E-state index contributed by atoms with van der Waals surface area (Å²) in [5.41, 5.74) is 0.644. The monoisotopic (exact) mass is 258 g/mol. The van der Waals surface area contributed by atoms with E-state index in [2.05, 4.69) is 35.5 Å². The lowest BCUT2D eigenvalue weighted by atomic mass is 10.3. The number of imidazole rings is 1. The molecule has 0 saturated heterocycles. The van der Waals surface area contributed by atoms with Crippen LogP contribution in [0.2, 0.25) is 0 Å². The Morgan fingerprint density at radius 2 is 2.21 bits per heavy atom. The number of hydrogen-bond donors (Lipinski definition) is 1. The van der Waals surface area contributed by atoms with Crippen LogP contribution in [0.4, 0.5) is 5.82 Å². The quantitative estimate of drug-likeness (QED) is 0.652. The first-order chi connectivity index (χ1) is 9.42.